The molecule has 2 aromatic carbocycles. The molecule has 0 aliphatic carbocycles. The third-order valence-electron chi connectivity index (χ3n) is 5.04. The van der Waals surface area contributed by atoms with E-state index >= 15 is 0 Å². The lowest BCUT2D eigenvalue weighted by molar-refractivity contribution is -0.147. The van der Waals surface area contributed by atoms with Gasteiger partial charge in [-0.1, -0.05) is 60.7 Å². The molecule has 1 fully saturated rings. The van der Waals surface area contributed by atoms with Crippen LogP contribution in [0.3, 0.4) is 0 Å². The van der Waals surface area contributed by atoms with Gasteiger partial charge in [0.1, 0.15) is 6.61 Å². The second kappa shape index (κ2) is 9.51. The zero-order valence-corrected chi connectivity index (χ0v) is 15.5. The average molecular weight is 352 g/mol. The van der Waals surface area contributed by atoms with E-state index in [9.17, 15) is 4.79 Å². The van der Waals surface area contributed by atoms with Gasteiger partial charge >= 0.3 is 5.97 Å². The SMILES string of the molecule is CN1CCN(CCC(C(=O)OCc2ccccc2)c2ccccc2)CC1. The highest BCUT2D eigenvalue weighted by molar-refractivity contribution is 5.78. The fourth-order valence-electron chi connectivity index (χ4n) is 3.32. The van der Waals surface area contributed by atoms with E-state index in [4.69, 9.17) is 4.74 Å². The summed E-state index contributed by atoms with van der Waals surface area (Å²) in [6, 6.07) is 19.9. The number of nitrogens with zero attached hydrogens (tertiary/aromatic N) is 2. The molecule has 0 saturated carbocycles. The predicted octanol–water partition coefficient (Wildman–Crippen LogP) is 3.15. The Morgan fingerprint density at radius 1 is 0.962 bits per heavy atom. The minimum Gasteiger partial charge on any atom is -0.460 e. The van der Waals surface area contributed by atoms with Crippen molar-refractivity contribution in [2.24, 2.45) is 0 Å². The van der Waals surface area contributed by atoms with Crippen molar-refractivity contribution in [1.29, 1.82) is 0 Å². The molecule has 26 heavy (non-hydrogen) atoms. The van der Waals surface area contributed by atoms with Gasteiger partial charge in [0.05, 0.1) is 5.92 Å². The van der Waals surface area contributed by atoms with E-state index in [-0.39, 0.29) is 11.9 Å². The van der Waals surface area contributed by atoms with Crippen molar-refractivity contribution >= 4 is 5.97 Å². The summed E-state index contributed by atoms with van der Waals surface area (Å²) in [6.07, 6.45) is 0.793. The molecule has 2 aromatic rings. The van der Waals surface area contributed by atoms with Crippen LogP contribution in [0.1, 0.15) is 23.5 Å². The second-order valence-corrected chi connectivity index (χ2v) is 6.99. The summed E-state index contributed by atoms with van der Waals surface area (Å²) in [4.78, 5) is 17.6. The van der Waals surface area contributed by atoms with Crippen molar-refractivity contribution in [1.82, 2.24) is 9.80 Å². The molecule has 1 saturated heterocycles. The van der Waals surface area contributed by atoms with Gasteiger partial charge < -0.3 is 14.5 Å². The molecule has 0 amide bonds. The molecule has 4 heteroatoms. The fourth-order valence-corrected chi connectivity index (χ4v) is 3.32. The second-order valence-electron chi connectivity index (χ2n) is 6.99. The van der Waals surface area contributed by atoms with Gasteiger partial charge in [-0.15, -0.1) is 0 Å². The molecule has 3 rings (SSSR count). The summed E-state index contributed by atoms with van der Waals surface area (Å²) in [6.45, 7) is 5.57. The summed E-state index contributed by atoms with van der Waals surface area (Å²) >= 11 is 0. The number of hydrogen-bond acceptors (Lipinski definition) is 4. The minimum absolute atomic E-state index is 0.130. The lowest BCUT2D eigenvalue weighted by Crippen LogP contribution is -2.45. The summed E-state index contributed by atoms with van der Waals surface area (Å²) in [5.74, 6) is -0.339. The molecule has 1 unspecified atom stereocenters. The zero-order valence-electron chi connectivity index (χ0n) is 15.5. The standard InChI is InChI=1S/C22H28N2O2/c1-23-14-16-24(17-15-23)13-12-21(20-10-6-3-7-11-20)22(25)26-18-19-8-4-2-5-9-19/h2-11,21H,12-18H2,1H3. The number of esters is 1. The largest absolute Gasteiger partial charge is 0.460 e. The molecule has 0 bridgehead atoms. The Kier molecular flexibility index (Phi) is 6.81. The van der Waals surface area contributed by atoms with Crippen molar-refractivity contribution in [3.63, 3.8) is 0 Å². The number of ether oxygens (including phenoxy) is 1. The molecular weight excluding hydrogens is 324 g/mol. The van der Waals surface area contributed by atoms with Crippen molar-refractivity contribution in [2.45, 2.75) is 18.9 Å². The first-order valence-electron chi connectivity index (χ1n) is 9.39. The van der Waals surface area contributed by atoms with Crippen molar-refractivity contribution in [3.8, 4) is 0 Å². The van der Waals surface area contributed by atoms with Gasteiger partial charge in [-0.05, 0) is 31.1 Å². The number of carbonyl (C=O) groups excluding carboxylic acids is 1. The molecule has 0 radical (unpaired) electrons. The Morgan fingerprint density at radius 3 is 2.23 bits per heavy atom. The van der Waals surface area contributed by atoms with E-state index in [0.29, 0.717) is 6.61 Å². The first-order valence-corrected chi connectivity index (χ1v) is 9.39. The first-order chi connectivity index (χ1) is 12.7. The van der Waals surface area contributed by atoms with Gasteiger partial charge in [0, 0.05) is 26.2 Å². The maximum Gasteiger partial charge on any atom is 0.313 e. The zero-order chi connectivity index (χ0) is 18.2. The van der Waals surface area contributed by atoms with Gasteiger partial charge in [0.25, 0.3) is 0 Å². The van der Waals surface area contributed by atoms with E-state index in [1.165, 1.54) is 0 Å². The van der Waals surface area contributed by atoms with Crippen molar-refractivity contribution in [2.75, 3.05) is 39.8 Å². The van der Waals surface area contributed by atoms with Gasteiger partial charge in [-0.2, -0.15) is 0 Å². The molecule has 4 nitrogen and oxygen atoms in total. The Bertz CT molecular complexity index is 667. The van der Waals surface area contributed by atoms with Crippen LogP contribution in [0.2, 0.25) is 0 Å². The third kappa shape index (κ3) is 5.41. The lowest BCUT2D eigenvalue weighted by atomic mass is 9.95. The normalized spacial score (nSPS) is 17.0. The van der Waals surface area contributed by atoms with Crippen LogP contribution in [0.4, 0.5) is 0 Å². The van der Waals surface area contributed by atoms with Gasteiger partial charge in [0.2, 0.25) is 0 Å². The molecular formula is C22H28N2O2. The third-order valence-corrected chi connectivity index (χ3v) is 5.04. The van der Waals surface area contributed by atoms with Crippen molar-refractivity contribution < 1.29 is 9.53 Å². The molecule has 1 heterocycles. The van der Waals surface area contributed by atoms with Crippen LogP contribution in [0, 0.1) is 0 Å². The predicted molar refractivity (Wildman–Crippen MR) is 104 cm³/mol. The van der Waals surface area contributed by atoms with Crippen LogP contribution in [0.25, 0.3) is 0 Å². The summed E-state index contributed by atoms with van der Waals surface area (Å²) in [7, 11) is 2.16. The monoisotopic (exact) mass is 352 g/mol. The highest BCUT2D eigenvalue weighted by Crippen LogP contribution is 2.22. The Labute approximate surface area is 156 Å². The number of carbonyl (C=O) groups is 1. The smallest absolute Gasteiger partial charge is 0.313 e. The fraction of sp³-hybridized carbons (Fsp3) is 0.409. The Hall–Kier alpha value is -2.17. The summed E-state index contributed by atoms with van der Waals surface area (Å²) in [5.41, 5.74) is 2.06. The van der Waals surface area contributed by atoms with E-state index < -0.39 is 0 Å². The molecule has 0 N–H and O–H groups in total. The van der Waals surface area contributed by atoms with Gasteiger partial charge in [-0.3, -0.25) is 4.79 Å². The molecule has 138 valence electrons. The summed E-state index contributed by atoms with van der Waals surface area (Å²) < 4.78 is 5.64. The van der Waals surface area contributed by atoms with Crippen LogP contribution in [0.15, 0.2) is 60.7 Å². The quantitative estimate of drug-likeness (QED) is 0.717. The van der Waals surface area contributed by atoms with Crippen LogP contribution < -0.4 is 0 Å². The van der Waals surface area contributed by atoms with Crippen LogP contribution in [-0.4, -0.2) is 55.5 Å². The van der Waals surface area contributed by atoms with Gasteiger partial charge in [0.15, 0.2) is 0 Å². The van der Waals surface area contributed by atoms with Crippen molar-refractivity contribution in [3.05, 3.63) is 71.8 Å². The number of likely N-dealkylation sites (N-methyl/N-ethyl adjacent to an activating group) is 1. The first kappa shape index (κ1) is 18.6. The Balaban J connectivity index is 1.60. The highest BCUT2D eigenvalue weighted by Gasteiger charge is 2.24. The lowest BCUT2D eigenvalue weighted by Gasteiger charge is -2.33. The van der Waals surface area contributed by atoms with E-state index in [1.54, 1.807) is 0 Å². The van der Waals surface area contributed by atoms with E-state index in [0.717, 1.165) is 50.3 Å². The maximum atomic E-state index is 12.8. The van der Waals surface area contributed by atoms with E-state index in [1.807, 2.05) is 60.7 Å². The van der Waals surface area contributed by atoms with Crippen LogP contribution in [-0.2, 0) is 16.1 Å². The molecule has 0 aromatic heterocycles. The van der Waals surface area contributed by atoms with Crippen LogP contribution in [0.5, 0.6) is 0 Å². The topological polar surface area (TPSA) is 32.8 Å². The number of benzene rings is 2. The molecule has 1 aliphatic rings. The number of rotatable bonds is 7. The molecule has 0 spiro atoms. The van der Waals surface area contributed by atoms with Crippen LogP contribution >= 0.6 is 0 Å². The molecule has 1 atom stereocenters. The highest BCUT2D eigenvalue weighted by atomic mass is 16.5. The molecule has 1 aliphatic heterocycles. The average Bonchev–Trinajstić information content (AvgIpc) is 2.69. The number of piperazine rings is 1. The van der Waals surface area contributed by atoms with E-state index in [2.05, 4.69) is 16.8 Å². The minimum atomic E-state index is -0.209. The van der Waals surface area contributed by atoms with Gasteiger partial charge in [-0.25, -0.2) is 0 Å². The Morgan fingerprint density at radius 2 is 1.58 bits per heavy atom. The summed E-state index contributed by atoms with van der Waals surface area (Å²) in [5, 5.41) is 0. The maximum absolute atomic E-state index is 12.8. The number of hydrogen-bond donors (Lipinski definition) is 0.